The van der Waals surface area contributed by atoms with Gasteiger partial charge in [0.05, 0.1) is 16.9 Å². The van der Waals surface area contributed by atoms with Crippen molar-refractivity contribution in [1.29, 1.82) is 0 Å². The number of ether oxygens (including phenoxy) is 1. The smallest absolute Gasteiger partial charge is 0.261 e. The van der Waals surface area contributed by atoms with Gasteiger partial charge in [-0.25, -0.2) is 13.3 Å². The highest BCUT2D eigenvalue weighted by Gasteiger charge is 2.32. The monoisotopic (exact) mass is 547 g/mol. The maximum absolute atomic E-state index is 14.8. The summed E-state index contributed by atoms with van der Waals surface area (Å²) in [4.78, 5) is 28.5. The number of amides is 1. The highest BCUT2D eigenvalue weighted by atomic mass is 35.5. The Morgan fingerprint density at radius 2 is 1.89 bits per heavy atom. The van der Waals surface area contributed by atoms with Crippen LogP contribution in [0.4, 0.5) is 21.6 Å². The number of aryl methyl sites for hydroxylation is 1. The van der Waals surface area contributed by atoms with E-state index in [1.165, 1.54) is 24.7 Å². The van der Waals surface area contributed by atoms with E-state index in [0.717, 1.165) is 12.0 Å². The van der Waals surface area contributed by atoms with Crippen LogP contribution in [0.1, 0.15) is 27.9 Å². The third kappa shape index (κ3) is 5.34. The first kappa shape index (κ1) is 26.6. The highest BCUT2D eigenvalue weighted by Crippen LogP contribution is 2.40. The lowest BCUT2D eigenvalue weighted by molar-refractivity contribution is 0.0649. The Morgan fingerprint density at radius 3 is 2.51 bits per heavy atom. The Balaban J connectivity index is 1.88. The molecule has 1 amide bonds. The zero-order valence-electron chi connectivity index (χ0n) is 20.8. The number of carbonyl (C=O) groups excluding carboxylic acids is 1. The van der Waals surface area contributed by atoms with Gasteiger partial charge in [0, 0.05) is 20.1 Å². The van der Waals surface area contributed by atoms with Crippen molar-refractivity contribution in [3.05, 3.63) is 74.3 Å². The summed E-state index contributed by atoms with van der Waals surface area (Å²) in [5, 5.41) is 3.05. The van der Waals surface area contributed by atoms with Crippen LogP contribution in [0.2, 0.25) is 5.02 Å². The lowest BCUT2D eigenvalue weighted by atomic mass is 10.1. The molecule has 1 unspecified atom stereocenters. The molecule has 1 aromatic heterocycles. The summed E-state index contributed by atoms with van der Waals surface area (Å²) < 4.78 is 39.3. The Morgan fingerprint density at radius 1 is 1.16 bits per heavy atom. The first-order valence-corrected chi connectivity index (χ1v) is 13.0. The third-order valence-electron chi connectivity index (χ3n) is 6.06. The molecule has 1 aliphatic rings. The molecule has 0 aliphatic carbocycles. The summed E-state index contributed by atoms with van der Waals surface area (Å²) in [5.41, 5.74) is 0.967. The fourth-order valence-corrected chi connectivity index (χ4v) is 4.58. The van der Waals surface area contributed by atoms with Crippen LogP contribution in [0.15, 0.2) is 41.2 Å². The summed E-state index contributed by atoms with van der Waals surface area (Å²) in [6.45, 7) is 4.41. The molecular formula is C25H27ClFN5O4S. The molecule has 4 rings (SSSR count). The van der Waals surface area contributed by atoms with E-state index in [-0.39, 0.29) is 45.1 Å². The minimum atomic E-state index is -1.60. The molecule has 1 fully saturated rings. The van der Waals surface area contributed by atoms with Crippen LogP contribution in [0.3, 0.4) is 0 Å². The van der Waals surface area contributed by atoms with Gasteiger partial charge in [0.2, 0.25) is 0 Å². The molecule has 12 heteroatoms. The number of halogens is 2. The van der Waals surface area contributed by atoms with Gasteiger partial charge in [0.25, 0.3) is 11.5 Å². The van der Waals surface area contributed by atoms with Crippen molar-refractivity contribution in [1.82, 2.24) is 14.2 Å². The van der Waals surface area contributed by atoms with Crippen LogP contribution in [0.5, 0.6) is 11.5 Å². The van der Waals surface area contributed by atoms with Crippen molar-refractivity contribution in [3.8, 4) is 11.5 Å². The van der Waals surface area contributed by atoms with E-state index in [9.17, 15) is 18.2 Å². The first-order valence-electron chi connectivity index (χ1n) is 11.5. The molecule has 2 aromatic carbocycles. The lowest BCUT2D eigenvalue weighted by Gasteiger charge is -2.32. The molecule has 37 heavy (non-hydrogen) atoms. The quantitative estimate of drug-likeness (QED) is 0.388. The third-order valence-corrected chi connectivity index (χ3v) is 7.23. The summed E-state index contributed by atoms with van der Waals surface area (Å²) >= 11 is 4.93. The average molecular weight is 548 g/mol. The topological polar surface area (TPSA) is 105 Å². The molecular weight excluding hydrogens is 521 g/mol. The van der Waals surface area contributed by atoms with Gasteiger partial charge in [0.15, 0.2) is 16.9 Å². The molecule has 3 N–H and O–H groups in total. The van der Waals surface area contributed by atoms with Crippen molar-refractivity contribution < 1.29 is 18.1 Å². The van der Waals surface area contributed by atoms with Crippen molar-refractivity contribution in [2.75, 3.05) is 30.2 Å². The van der Waals surface area contributed by atoms with Gasteiger partial charge in [-0.1, -0.05) is 23.7 Å². The predicted molar refractivity (Wildman–Crippen MR) is 144 cm³/mol. The molecule has 2 heterocycles. The first-order chi connectivity index (χ1) is 17.6. The largest absolute Gasteiger partial charge is 0.454 e. The lowest BCUT2D eigenvalue weighted by Crippen LogP contribution is -2.43. The fourth-order valence-electron chi connectivity index (χ4n) is 3.84. The van der Waals surface area contributed by atoms with Crippen molar-refractivity contribution in [2.24, 2.45) is 7.05 Å². The van der Waals surface area contributed by atoms with Crippen LogP contribution in [0.25, 0.3) is 0 Å². The minimum Gasteiger partial charge on any atom is -0.454 e. The van der Waals surface area contributed by atoms with Gasteiger partial charge in [-0.2, -0.15) is 0 Å². The van der Waals surface area contributed by atoms with E-state index in [1.54, 1.807) is 49.1 Å². The van der Waals surface area contributed by atoms with E-state index < -0.39 is 22.5 Å². The van der Waals surface area contributed by atoms with E-state index in [1.807, 2.05) is 0 Å². The van der Waals surface area contributed by atoms with Crippen molar-refractivity contribution >= 4 is 45.9 Å². The normalized spacial score (nSPS) is 13.6. The van der Waals surface area contributed by atoms with Gasteiger partial charge in [-0.3, -0.25) is 18.9 Å². The number of pyridine rings is 1. The van der Waals surface area contributed by atoms with Crippen molar-refractivity contribution in [3.63, 3.8) is 0 Å². The zero-order valence-corrected chi connectivity index (χ0v) is 22.3. The Bertz CT molecular complexity index is 1460. The Labute approximate surface area is 221 Å². The number of nitrogens with zero attached hydrogens (tertiary/aromatic N) is 2. The molecule has 1 aliphatic heterocycles. The second-order valence-corrected chi connectivity index (χ2v) is 10.1. The van der Waals surface area contributed by atoms with E-state index in [4.69, 9.17) is 16.3 Å². The second kappa shape index (κ2) is 10.9. The van der Waals surface area contributed by atoms with Crippen molar-refractivity contribution in [2.45, 2.75) is 20.3 Å². The van der Waals surface area contributed by atoms with Gasteiger partial charge in [-0.05, 0) is 57.1 Å². The van der Waals surface area contributed by atoms with Crippen LogP contribution >= 0.6 is 11.6 Å². The number of carbonyl (C=O) groups is 1. The van der Waals surface area contributed by atoms with Crippen LogP contribution < -0.4 is 25.1 Å². The second-order valence-electron chi connectivity index (χ2n) is 8.59. The van der Waals surface area contributed by atoms with E-state index in [2.05, 4.69) is 14.8 Å². The Kier molecular flexibility index (Phi) is 7.86. The van der Waals surface area contributed by atoms with Crippen LogP contribution in [-0.2, 0) is 18.2 Å². The molecule has 1 atom stereocenters. The Hall–Kier alpha value is -3.41. The van der Waals surface area contributed by atoms with E-state index in [0.29, 0.717) is 18.8 Å². The summed E-state index contributed by atoms with van der Waals surface area (Å²) in [6, 6.07) is 9.43. The van der Waals surface area contributed by atoms with E-state index >= 15 is 0 Å². The van der Waals surface area contributed by atoms with Crippen LogP contribution in [-0.4, -0.2) is 39.7 Å². The van der Waals surface area contributed by atoms with Gasteiger partial charge in [-0.15, -0.1) is 0 Å². The molecule has 0 spiro atoms. The summed E-state index contributed by atoms with van der Waals surface area (Å²) in [7, 11) is 3.02. The standard InChI is InChI=1S/C25H27ClFN5O4S/c1-14-9-10-17(16(27)13-14)29-23-20(25(34)32-11-6-12-32)22(15(2)24(33)31(23)4)36-19-8-5-7-18(21(19)26)30-37(35)28-3/h5,7-10,13,28-30H,6,11-12H2,1-4H3. The van der Waals surface area contributed by atoms with Gasteiger partial charge in [0.1, 0.15) is 28.0 Å². The maximum atomic E-state index is 14.8. The maximum Gasteiger partial charge on any atom is 0.261 e. The number of hydrogen-bond donors (Lipinski definition) is 3. The predicted octanol–water partition coefficient (Wildman–Crippen LogP) is 4.39. The number of aromatic nitrogens is 1. The average Bonchev–Trinajstić information content (AvgIpc) is 2.83. The number of rotatable bonds is 8. The SMILES string of the molecule is CNS(=O)Nc1cccc(Oc2c(C(=O)N3CCC3)c(Nc3ccc(C)cc3F)n(C)c(=O)c2C)c1Cl. The number of hydrogen-bond acceptors (Lipinski definition) is 5. The molecule has 0 bridgehead atoms. The molecule has 9 nitrogen and oxygen atoms in total. The summed E-state index contributed by atoms with van der Waals surface area (Å²) in [6.07, 6.45) is 0.851. The fraction of sp³-hybridized carbons (Fsp3) is 0.280. The number of benzene rings is 2. The van der Waals surface area contributed by atoms with Gasteiger partial charge >= 0.3 is 0 Å². The molecule has 196 valence electrons. The zero-order chi connectivity index (χ0) is 26.9. The highest BCUT2D eigenvalue weighted by molar-refractivity contribution is 7.84. The summed E-state index contributed by atoms with van der Waals surface area (Å²) in [5.74, 6) is -0.661. The number of nitrogens with one attached hydrogen (secondary N) is 3. The molecule has 1 saturated heterocycles. The minimum absolute atomic E-state index is 0.00353. The van der Waals surface area contributed by atoms with Gasteiger partial charge < -0.3 is 15.0 Å². The molecule has 0 radical (unpaired) electrons. The molecule has 3 aromatic rings. The number of anilines is 3. The molecule has 0 saturated carbocycles. The number of likely N-dealkylation sites (tertiary alicyclic amines) is 1. The van der Waals surface area contributed by atoms with Crippen LogP contribution in [0, 0.1) is 19.7 Å².